The summed E-state index contributed by atoms with van der Waals surface area (Å²) < 4.78 is 13.1. The van der Waals surface area contributed by atoms with Crippen molar-refractivity contribution in [2.45, 2.75) is 26.8 Å². The molecule has 1 N–H and O–H groups in total. The van der Waals surface area contributed by atoms with Crippen molar-refractivity contribution in [2.75, 3.05) is 0 Å². The van der Waals surface area contributed by atoms with Crippen LogP contribution in [-0.4, -0.2) is 11.7 Å². The molecule has 0 aromatic heterocycles. The topological polar surface area (TPSA) is 46.2 Å². The Bertz CT molecular complexity index is 991. The average Bonchev–Trinajstić information content (AvgIpc) is 2.72. The molecule has 0 saturated heterocycles. The van der Waals surface area contributed by atoms with E-state index < -0.39 is 0 Å². The van der Waals surface area contributed by atoms with E-state index in [1.807, 2.05) is 38.1 Å². The Morgan fingerprint density at radius 3 is 1.72 bits per heavy atom. The Kier molecular flexibility index (Phi) is 6.23. The number of Topliss-reactive ketones (excluding diaryl/α,β-unsaturated/α-hetero) is 1. The third-order valence-electron chi connectivity index (χ3n) is 4.95. The van der Waals surface area contributed by atoms with Crippen LogP contribution < -0.4 is 5.32 Å². The summed E-state index contributed by atoms with van der Waals surface area (Å²) in [7, 11) is 0. The lowest BCUT2D eigenvalue weighted by atomic mass is 9.94. The minimum absolute atomic E-state index is 0.0166. The number of halogens is 1. The van der Waals surface area contributed by atoms with Gasteiger partial charge in [-0.3, -0.25) is 9.59 Å². The smallest absolute Gasteiger partial charge is 0.251 e. The maximum atomic E-state index is 13.1. The molecule has 0 fully saturated rings. The van der Waals surface area contributed by atoms with E-state index in [0.717, 1.165) is 16.7 Å². The highest BCUT2D eigenvalue weighted by Gasteiger charge is 2.19. The van der Waals surface area contributed by atoms with E-state index in [2.05, 4.69) is 5.32 Å². The molecule has 3 aromatic carbocycles. The summed E-state index contributed by atoms with van der Waals surface area (Å²) in [6, 6.07) is 20.7. The molecule has 29 heavy (non-hydrogen) atoms. The number of carbonyl (C=O) groups is 2. The molecule has 0 heterocycles. The molecule has 0 spiro atoms. The molecule has 1 atom stereocenters. The lowest BCUT2D eigenvalue weighted by Gasteiger charge is -2.23. The van der Waals surface area contributed by atoms with Crippen LogP contribution in [0.15, 0.2) is 72.8 Å². The molecule has 0 aliphatic carbocycles. The Morgan fingerprint density at radius 1 is 0.759 bits per heavy atom. The van der Waals surface area contributed by atoms with Crippen molar-refractivity contribution in [3.8, 4) is 11.1 Å². The zero-order chi connectivity index (χ0) is 21.0. The SMILES string of the molecule is CC(=O)c1ccc(C(NC(=O)c2ccc(-c3ccc(F)cc3)cc2)C(C)C)cc1. The van der Waals surface area contributed by atoms with Crippen molar-refractivity contribution in [3.63, 3.8) is 0 Å². The van der Waals surface area contributed by atoms with E-state index >= 15 is 0 Å². The van der Waals surface area contributed by atoms with Gasteiger partial charge in [-0.25, -0.2) is 4.39 Å². The van der Waals surface area contributed by atoms with Crippen molar-refractivity contribution in [1.29, 1.82) is 0 Å². The van der Waals surface area contributed by atoms with Gasteiger partial charge < -0.3 is 5.32 Å². The van der Waals surface area contributed by atoms with Crippen LogP contribution in [0.3, 0.4) is 0 Å². The predicted octanol–water partition coefficient (Wildman–Crippen LogP) is 5.82. The standard InChI is InChI=1S/C25H24FNO2/c1-16(2)24(21-8-4-18(5-9-21)17(3)28)27-25(29)22-10-6-19(7-11-22)20-12-14-23(26)15-13-20/h4-16,24H,1-3H3,(H,27,29). The van der Waals surface area contributed by atoms with E-state index in [-0.39, 0.29) is 29.5 Å². The summed E-state index contributed by atoms with van der Waals surface area (Å²) in [5.74, 6) is -0.241. The molecule has 3 rings (SSSR count). The zero-order valence-corrected chi connectivity index (χ0v) is 16.8. The number of nitrogens with one attached hydrogen (secondary N) is 1. The second kappa shape index (κ2) is 8.82. The number of rotatable bonds is 6. The van der Waals surface area contributed by atoms with Crippen molar-refractivity contribution in [1.82, 2.24) is 5.32 Å². The average molecular weight is 389 g/mol. The van der Waals surface area contributed by atoms with Gasteiger partial charge in [-0.15, -0.1) is 0 Å². The van der Waals surface area contributed by atoms with Gasteiger partial charge in [0.15, 0.2) is 5.78 Å². The summed E-state index contributed by atoms with van der Waals surface area (Å²) in [6.07, 6.45) is 0. The highest BCUT2D eigenvalue weighted by atomic mass is 19.1. The maximum Gasteiger partial charge on any atom is 0.251 e. The molecular formula is C25H24FNO2. The molecule has 0 aliphatic heterocycles. The highest BCUT2D eigenvalue weighted by molar-refractivity contribution is 5.95. The first kappa shape index (κ1) is 20.5. The number of benzene rings is 3. The van der Waals surface area contributed by atoms with Crippen molar-refractivity contribution < 1.29 is 14.0 Å². The maximum absolute atomic E-state index is 13.1. The second-order valence-corrected chi connectivity index (χ2v) is 7.46. The summed E-state index contributed by atoms with van der Waals surface area (Å²) in [5, 5.41) is 3.09. The van der Waals surface area contributed by atoms with Gasteiger partial charge in [-0.05, 0) is 53.8 Å². The summed E-state index contributed by atoms with van der Waals surface area (Å²) in [5.41, 5.74) is 3.98. The fraction of sp³-hybridized carbons (Fsp3) is 0.200. The third-order valence-corrected chi connectivity index (χ3v) is 4.95. The molecule has 1 amide bonds. The predicted molar refractivity (Wildman–Crippen MR) is 113 cm³/mol. The summed E-state index contributed by atoms with van der Waals surface area (Å²) in [4.78, 5) is 24.3. The molecule has 1 unspecified atom stereocenters. The molecule has 0 aliphatic rings. The van der Waals surface area contributed by atoms with Gasteiger partial charge in [-0.2, -0.15) is 0 Å². The first-order valence-corrected chi connectivity index (χ1v) is 9.63. The number of hydrogen-bond acceptors (Lipinski definition) is 2. The van der Waals surface area contributed by atoms with Crippen molar-refractivity contribution in [2.24, 2.45) is 5.92 Å². The van der Waals surface area contributed by atoms with E-state index in [9.17, 15) is 14.0 Å². The minimum atomic E-state index is -0.277. The fourth-order valence-corrected chi connectivity index (χ4v) is 3.24. The minimum Gasteiger partial charge on any atom is -0.345 e. The largest absolute Gasteiger partial charge is 0.345 e. The molecule has 0 saturated carbocycles. The van der Waals surface area contributed by atoms with Crippen LogP contribution in [0.1, 0.15) is 53.1 Å². The molecule has 3 aromatic rings. The molecule has 0 bridgehead atoms. The monoisotopic (exact) mass is 389 g/mol. The molecule has 3 nitrogen and oxygen atoms in total. The van der Waals surface area contributed by atoms with Crippen molar-refractivity contribution >= 4 is 11.7 Å². The first-order chi connectivity index (χ1) is 13.8. The van der Waals surface area contributed by atoms with Gasteiger partial charge >= 0.3 is 0 Å². The lowest BCUT2D eigenvalue weighted by molar-refractivity contribution is 0.0924. The quantitative estimate of drug-likeness (QED) is 0.540. The number of amides is 1. The van der Waals surface area contributed by atoms with Crippen LogP contribution in [0, 0.1) is 11.7 Å². The molecule has 0 radical (unpaired) electrons. The van der Waals surface area contributed by atoms with Crippen LogP contribution in [-0.2, 0) is 0 Å². The van der Waals surface area contributed by atoms with Gasteiger partial charge in [0.05, 0.1) is 6.04 Å². The number of ketones is 1. The zero-order valence-electron chi connectivity index (χ0n) is 16.8. The Labute approximate surface area is 170 Å². The third kappa shape index (κ3) is 4.96. The van der Waals surface area contributed by atoms with Gasteiger partial charge in [0.25, 0.3) is 5.91 Å². The van der Waals surface area contributed by atoms with E-state index in [1.165, 1.54) is 19.1 Å². The molecular weight excluding hydrogens is 365 g/mol. The number of hydrogen-bond donors (Lipinski definition) is 1. The van der Waals surface area contributed by atoms with Crippen LogP contribution in [0.2, 0.25) is 0 Å². The summed E-state index contributed by atoms with van der Waals surface area (Å²) >= 11 is 0. The van der Waals surface area contributed by atoms with Crippen LogP contribution in [0.25, 0.3) is 11.1 Å². The Balaban J connectivity index is 1.76. The van der Waals surface area contributed by atoms with Gasteiger partial charge in [-0.1, -0.05) is 62.4 Å². The van der Waals surface area contributed by atoms with Crippen LogP contribution >= 0.6 is 0 Å². The lowest BCUT2D eigenvalue weighted by Crippen LogP contribution is -2.31. The summed E-state index contributed by atoms with van der Waals surface area (Å²) in [6.45, 7) is 5.62. The number of carbonyl (C=O) groups excluding carboxylic acids is 2. The van der Waals surface area contributed by atoms with Gasteiger partial charge in [0.1, 0.15) is 5.82 Å². The molecule has 4 heteroatoms. The van der Waals surface area contributed by atoms with Crippen LogP contribution in [0.5, 0.6) is 0 Å². The van der Waals surface area contributed by atoms with E-state index in [4.69, 9.17) is 0 Å². The van der Waals surface area contributed by atoms with E-state index in [0.29, 0.717) is 11.1 Å². The van der Waals surface area contributed by atoms with Gasteiger partial charge in [0, 0.05) is 11.1 Å². The van der Waals surface area contributed by atoms with Crippen molar-refractivity contribution in [3.05, 3.63) is 95.3 Å². The second-order valence-electron chi connectivity index (χ2n) is 7.46. The normalized spacial score (nSPS) is 11.9. The highest BCUT2D eigenvalue weighted by Crippen LogP contribution is 2.24. The fourth-order valence-electron chi connectivity index (χ4n) is 3.24. The molecule has 148 valence electrons. The van der Waals surface area contributed by atoms with E-state index in [1.54, 1.807) is 36.4 Å². The Hall–Kier alpha value is -3.27. The first-order valence-electron chi connectivity index (χ1n) is 9.63. The Morgan fingerprint density at radius 2 is 1.24 bits per heavy atom. The van der Waals surface area contributed by atoms with Crippen LogP contribution in [0.4, 0.5) is 4.39 Å². The van der Waals surface area contributed by atoms with Gasteiger partial charge in [0.2, 0.25) is 0 Å².